The number of thioether (sulfide) groups is 1. The van der Waals surface area contributed by atoms with Crippen molar-refractivity contribution in [2.24, 2.45) is 0 Å². The summed E-state index contributed by atoms with van der Waals surface area (Å²) < 4.78 is 65.6. The van der Waals surface area contributed by atoms with Crippen molar-refractivity contribution in [3.8, 4) is 0 Å². The van der Waals surface area contributed by atoms with E-state index in [-0.39, 0.29) is 6.54 Å². The van der Waals surface area contributed by atoms with Crippen LogP contribution in [0.1, 0.15) is 11.1 Å². The summed E-state index contributed by atoms with van der Waals surface area (Å²) in [5.74, 6) is -3.78. The standard InChI is InChI=1S/C16H16F3NO2S2/c1-11-2-4-12(5-3-11)10-23-9-8-20-24(21,22)14-7-6-13(17)15(18)16(14)19/h2-7,20H,8-10H2,1H3. The average Bonchev–Trinajstić information content (AvgIpc) is 2.54. The molecule has 2 aromatic rings. The molecule has 3 nitrogen and oxygen atoms in total. The molecule has 0 amide bonds. The summed E-state index contributed by atoms with van der Waals surface area (Å²) in [6.07, 6.45) is 0. The van der Waals surface area contributed by atoms with Gasteiger partial charge in [0.1, 0.15) is 4.90 Å². The molecule has 0 aromatic heterocycles. The van der Waals surface area contributed by atoms with Crippen molar-refractivity contribution >= 4 is 21.8 Å². The molecule has 0 saturated carbocycles. The third-order valence-corrected chi connectivity index (χ3v) is 5.73. The molecule has 0 saturated heterocycles. The monoisotopic (exact) mass is 375 g/mol. The van der Waals surface area contributed by atoms with Gasteiger partial charge in [0.25, 0.3) is 0 Å². The van der Waals surface area contributed by atoms with Gasteiger partial charge in [-0.05, 0) is 24.6 Å². The van der Waals surface area contributed by atoms with Gasteiger partial charge < -0.3 is 0 Å². The first-order valence-electron chi connectivity index (χ1n) is 7.08. The zero-order valence-electron chi connectivity index (χ0n) is 12.9. The normalized spacial score (nSPS) is 11.7. The van der Waals surface area contributed by atoms with Crippen LogP contribution in [0, 0.1) is 24.4 Å². The van der Waals surface area contributed by atoms with Crippen molar-refractivity contribution in [3.05, 3.63) is 65.0 Å². The lowest BCUT2D eigenvalue weighted by Gasteiger charge is -2.08. The quantitative estimate of drug-likeness (QED) is 0.594. The van der Waals surface area contributed by atoms with E-state index in [0.717, 1.165) is 11.1 Å². The number of nitrogens with one attached hydrogen (secondary N) is 1. The maximum atomic E-state index is 13.5. The minimum atomic E-state index is -4.23. The molecule has 0 fully saturated rings. The molecule has 0 unspecified atom stereocenters. The number of rotatable bonds is 7. The van der Waals surface area contributed by atoms with Crippen LogP contribution in [0.2, 0.25) is 0 Å². The van der Waals surface area contributed by atoms with Crippen LogP contribution >= 0.6 is 11.8 Å². The van der Waals surface area contributed by atoms with Gasteiger partial charge in [-0.1, -0.05) is 29.8 Å². The van der Waals surface area contributed by atoms with Crippen molar-refractivity contribution < 1.29 is 21.6 Å². The van der Waals surface area contributed by atoms with Gasteiger partial charge in [0.2, 0.25) is 10.0 Å². The Labute approximate surface area is 143 Å². The first kappa shape index (κ1) is 18.8. The van der Waals surface area contributed by atoms with E-state index in [4.69, 9.17) is 0 Å². The summed E-state index contributed by atoms with van der Waals surface area (Å²) in [7, 11) is -4.23. The molecule has 8 heteroatoms. The summed E-state index contributed by atoms with van der Waals surface area (Å²) in [4.78, 5) is -0.898. The highest BCUT2D eigenvalue weighted by Gasteiger charge is 2.23. The number of benzene rings is 2. The SMILES string of the molecule is Cc1ccc(CSCCNS(=O)(=O)c2ccc(F)c(F)c2F)cc1. The molecule has 0 aliphatic carbocycles. The van der Waals surface area contributed by atoms with Gasteiger partial charge >= 0.3 is 0 Å². The lowest BCUT2D eigenvalue weighted by Crippen LogP contribution is -2.27. The van der Waals surface area contributed by atoms with Gasteiger partial charge in [0.05, 0.1) is 0 Å². The van der Waals surface area contributed by atoms with E-state index in [9.17, 15) is 21.6 Å². The molecule has 0 atom stereocenters. The van der Waals surface area contributed by atoms with E-state index in [1.807, 2.05) is 31.2 Å². The van der Waals surface area contributed by atoms with E-state index in [2.05, 4.69) is 4.72 Å². The van der Waals surface area contributed by atoms with Crippen LogP contribution in [-0.2, 0) is 15.8 Å². The zero-order chi connectivity index (χ0) is 17.7. The second-order valence-electron chi connectivity index (χ2n) is 5.11. The molecular formula is C16H16F3NO2S2. The van der Waals surface area contributed by atoms with Gasteiger partial charge in [-0.2, -0.15) is 11.8 Å². The number of sulfonamides is 1. The Balaban J connectivity index is 1.87. The summed E-state index contributed by atoms with van der Waals surface area (Å²) in [5.41, 5.74) is 2.27. The molecule has 0 heterocycles. The molecule has 0 aliphatic rings. The van der Waals surface area contributed by atoms with Crippen molar-refractivity contribution in [3.63, 3.8) is 0 Å². The minimum absolute atomic E-state index is 0.0529. The zero-order valence-corrected chi connectivity index (χ0v) is 14.5. The van der Waals surface area contributed by atoms with Crippen LogP contribution in [0.5, 0.6) is 0 Å². The molecule has 0 radical (unpaired) electrons. The third-order valence-electron chi connectivity index (χ3n) is 3.22. The first-order chi connectivity index (χ1) is 11.3. The summed E-state index contributed by atoms with van der Waals surface area (Å²) >= 11 is 1.50. The van der Waals surface area contributed by atoms with Crippen molar-refractivity contribution in [2.75, 3.05) is 12.3 Å². The highest BCUT2D eigenvalue weighted by molar-refractivity contribution is 7.98. The summed E-state index contributed by atoms with van der Waals surface area (Å²) in [6, 6.07) is 9.25. The fraction of sp³-hybridized carbons (Fsp3) is 0.250. The smallest absolute Gasteiger partial charge is 0.210 e. The average molecular weight is 375 g/mol. The van der Waals surface area contributed by atoms with E-state index in [0.29, 0.717) is 23.6 Å². The Morgan fingerprint density at radius 1 is 1.00 bits per heavy atom. The predicted octanol–water partition coefficient (Wildman–Crippen LogP) is 3.62. The summed E-state index contributed by atoms with van der Waals surface area (Å²) in [5, 5.41) is 0. The maximum absolute atomic E-state index is 13.5. The Morgan fingerprint density at radius 3 is 2.33 bits per heavy atom. The molecule has 24 heavy (non-hydrogen) atoms. The molecule has 0 spiro atoms. The molecule has 0 bridgehead atoms. The van der Waals surface area contributed by atoms with Crippen LogP contribution in [-0.4, -0.2) is 20.7 Å². The Kier molecular flexibility index (Phi) is 6.31. The maximum Gasteiger partial charge on any atom is 0.243 e. The molecule has 2 aromatic carbocycles. The van der Waals surface area contributed by atoms with Crippen molar-refractivity contribution in [1.29, 1.82) is 0 Å². The van der Waals surface area contributed by atoms with E-state index in [1.165, 1.54) is 11.8 Å². The topological polar surface area (TPSA) is 46.2 Å². The Morgan fingerprint density at radius 2 is 1.67 bits per heavy atom. The van der Waals surface area contributed by atoms with Crippen LogP contribution in [0.25, 0.3) is 0 Å². The van der Waals surface area contributed by atoms with Crippen molar-refractivity contribution in [2.45, 2.75) is 17.6 Å². The van der Waals surface area contributed by atoms with Gasteiger partial charge in [-0.3, -0.25) is 0 Å². The largest absolute Gasteiger partial charge is 0.243 e. The van der Waals surface area contributed by atoms with Crippen molar-refractivity contribution in [1.82, 2.24) is 4.72 Å². The third kappa shape index (κ3) is 4.75. The van der Waals surface area contributed by atoms with Crippen LogP contribution in [0.4, 0.5) is 13.2 Å². The van der Waals surface area contributed by atoms with Crippen LogP contribution in [0.15, 0.2) is 41.3 Å². The number of hydrogen-bond donors (Lipinski definition) is 1. The molecule has 0 aliphatic heterocycles. The number of halogens is 3. The van der Waals surface area contributed by atoms with E-state index in [1.54, 1.807) is 0 Å². The predicted molar refractivity (Wildman–Crippen MR) is 88.8 cm³/mol. The van der Waals surface area contributed by atoms with Crippen LogP contribution in [0.3, 0.4) is 0 Å². The second-order valence-corrected chi connectivity index (χ2v) is 7.95. The molecule has 2 rings (SSSR count). The molecular weight excluding hydrogens is 359 g/mol. The number of aryl methyl sites for hydroxylation is 1. The van der Waals surface area contributed by atoms with Gasteiger partial charge in [0, 0.05) is 18.1 Å². The van der Waals surface area contributed by atoms with E-state index >= 15 is 0 Å². The van der Waals surface area contributed by atoms with E-state index < -0.39 is 32.4 Å². The lowest BCUT2D eigenvalue weighted by molar-refractivity contribution is 0.431. The fourth-order valence-corrected chi connectivity index (χ4v) is 3.96. The van der Waals surface area contributed by atoms with Gasteiger partial charge in [0.15, 0.2) is 17.5 Å². The minimum Gasteiger partial charge on any atom is -0.210 e. The fourth-order valence-electron chi connectivity index (χ4n) is 1.92. The highest BCUT2D eigenvalue weighted by Crippen LogP contribution is 2.19. The Bertz CT molecular complexity index is 809. The van der Waals surface area contributed by atoms with Gasteiger partial charge in [-0.15, -0.1) is 0 Å². The first-order valence-corrected chi connectivity index (χ1v) is 9.71. The summed E-state index contributed by atoms with van der Waals surface area (Å²) in [6.45, 7) is 2.04. The second kappa shape index (κ2) is 8.04. The highest BCUT2D eigenvalue weighted by atomic mass is 32.2. The Hall–Kier alpha value is -1.51. The van der Waals surface area contributed by atoms with Crippen LogP contribution < -0.4 is 4.72 Å². The molecule has 1 N–H and O–H groups in total. The number of hydrogen-bond acceptors (Lipinski definition) is 3. The molecule has 130 valence electrons. The van der Waals surface area contributed by atoms with Gasteiger partial charge in [-0.25, -0.2) is 26.3 Å². The lowest BCUT2D eigenvalue weighted by atomic mass is 10.2.